The first-order chi connectivity index (χ1) is 10.1. The molecule has 1 aliphatic heterocycles. The minimum Gasteiger partial charge on any atom is -0.476 e. The van der Waals surface area contributed by atoms with Gasteiger partial charge in [-0.3, -0.25) is 9.69 Å². The van der Waals surface area contributed by atoms with Crippen LogP contribution >= 0.6 is 11.6 Å². The number of benzene rings is 1. The Labute approximate surface area is 135 Å². The lowest BCUT2D eigenvalue weighted by Gasteiger charge is -2.40. The lowest BCUT2D eigenvalue weighted by molar-refractivity contribution is -0.151. The SMILES string of the molecule is CC(C)OC(=O)C(C)N1C(=O)C(C)(C)Oc2ccc(Cl)cc21. The molecule has 1 aromatic carbocycles. The van der Waals surface area contributed by atoms with Gasteiger partial charge in [0, 0.05) is 5.02 Å². The molecule has 0 fully saturated rings. The van der Waals surface area contributed by atoms with Crippen LogP contribution < -0.4 is 9.64 Å². The first kappa shape index (κ1) is 16.6. The van der Waals surface area contributed by atoms with Crippen molar-refractivity contribution in [1.29, 1.82) is 0 Å². The Kier molecular flexibility index (Phi) is 4.38. The summed E-state index contributed by atoms with van der Waals surface area (Å²) in [4.78, 5) is 26.3. The lowest BCUT2D eigenvalue weighted by atomic mass is 10.0. The normalized spacial score (nSPS) is 17.8. The molecule has 0 aromatic heterocycles. The van der Waals surface area contributed by atoms with Gasteiger partial charge in [0.15, 0.2) is 5.60 Å². The zero-order valence-electron chi connectivity index (χ0n) is 13.3. The number of carbonyl (C=O) groups excluding carboxylic acids is 2. The minimum atomic E-state index is -1.06. The van der Waals surface area contributed by atoms with Gasteiger partial charge in [-0.05, 0) is 52.8 Å². The second-order valence-corrected chi connectivity index (χ2v) is 6.50. The fourth-order valence-electron chi connectivity index (χ4n) is 2.30. The zero-order valence-corrected chi connectivity index (χ0v) is 14.1. The van der Waals surface area contributed by atoms with Crippen molar-refractivity contribution in [1.82, 2.24) is 0 Å². The predicted molar refractivity (Wildman–Crippen MR) is 84.3 cm³/mol. The van der Waals surface area contributed by atoms with Gasteiger partial charge < -0.3 is 9.47 Å². The maximum Gasteiger partial charge on any atom is 0.329 e. The number of carbonyl (C=O) groups is 2. The van der Waals surface area contributed by atoms with Crippen LogP contribution in [0.3, 0.4) is 0 Å². The highest BCUT2D eigenvalue weighted by atomic mass is 35.5. The Balaban J connectivity index is 2.46. The number of ether oxygens (including phenoxy) is 2. The van der Waals surface area contributed by atoms with Crippen LogP contribution in [0.25, 0.3) is 0 Å². The number of nitrogens with zero attached hydrogens (tertiary/aromatic N) is 1. The van der Waals surface area contributed by atoms with E-state index in [0.29, 0.717) is 16.5 Å². The third-order valence-corrected chi connectivity index (χ3v) is 3.59. The summed E-state index contributed by atoms with van der Waals surface area (Å²) < 4.78 is 10.9. The summed E-state index contributed by atoms with van der Waals surface area (Å²) in [6.07, 6.45) is -0.252. The van der Waals surface area contributed by atoms with Gasteiger partial charge in [-0.1, -0.05) is 11.6 Å². The molecule has 0 radical (unpaired) electrons. The molecule has 120 valence electrons. The van der Waals surface area contributed by atoms with Gasteiger partial charge in [-0.15, -0.1) is 0 Å². The largest absolute Gasteiger partial charge is 0.476 e. The number of rotatable bonds is 3. The van der Waals surface area contributed by atoms with Crippen molar-refractivity contribution in [2.24, 2.45) is 0 Å². The van der Waals surface area contributed by atoms with Crippen LogP contribution in [0.15, 0.2) is 18.2 Å². The van der Waals surface area contributed by atoms with Gasteiger partial charge >= 0.3 is 5.97 Å². The predicted octanol–water partition coefficient (Wildman–Crippen LogP) is 3.18. The Morgan fingerprint density at radius 2 is 1.95 bits per heavy atom. The van der Waals surface area contributed by atoms with Crippen molar-refractivity contribution in [3.05, 3.63) is 23.2 Å². The second kappa shape index (κ2) is 5.80. The van der Waals surface area contributed by atoms with Crippen molar-refractivity contribution in [2.75, 3.05) is 4.90 Å². The molecule has 1 atom stereocenters. The molecule has 0 saturated heterocycles. The van der Waals surface area contributed by atoms with E-state index in [1.807, 2.05) is 0 Å². The smallest absolute Gasteiger partial charge is 0.329 e. The quantitative estimate of drug-likeness (QED) is 0.801. The molecule has 0 aliphatic carbocycles. The van der Waals surface area contributed by atoms with Gasteiger partial charge in [0.05, 0.1) is 11.8 Å². The van der Waals surface area contributed by atoms with Crippen LogP contribution in [0.5, 0.6) is 5.75 Å². The minimum absolute atomic E-state index is 0.252. The van der Waals surface area contributed by atoms with Crippen molar-refractivity contribution in [3.8, 4) is 5.75 Å². The van der Waals surface area contributed by atoms with E-state index in [4.69, 9.17) is 21.1 Å². The number of hydrogen-bond donors (Lipinski definition) is 0. The zero-order chi connectivity index (χ0) is 16.7. The number of amides is 1. The molecule has 2 rings (SSSR count). The maximum atomic E-state index is 12.7. The Hall–Kier alpha value is -1.75. The number of hydrogen-bond acceptors (Lipinski definition) is 4. The Bertz CT molecular complexity index is 612. The summed E-state index contributed by atoms with van der Waals surface area (Å²) in [7, 11) is 0. The van der Waals surface area contributed by atoms with E-state index in [-0.39, 0.29) is 12.0 Å². The first-order valence-electron chi connectivity index (χ1n) is 7.16. The number of halogens is 1. The van der Waals surface area contributed by atoms with Crippen LogP contribution in [0, 0.1) is 0 Å². The van der Waals surface area contributed by atoms with E-state index in [0.717, 1.165) is 0 Å². The summed E-state index contributed by atoms with van der Waals surface area (Å²) in [5.41, 5.74) is -0.585. The highest BCUT2D eigenvalue weighted by molar-refractivity contribution is 6.31. The fraction of sp³-hybridized carbons (Fsp3) is 0.500. The number of esters is 1. The highest BCUT2D eigenvalue weighted by Crippen LogP contribution is 2.40. The topological polar surface area (TPSA) is 55.8 Å². The Morgan fingerprint density at radius 1 is 1.32 bits per heavy atom. The fourth-order valence-corrected chi connectivity index (χ4v) is 2.47. The molecule has 0 saturated carbocycles. The van der Waals surface area contributed by atoms with Crippen molar-refractivity contribution in [3.63, 3.8) is 0 Å². The van der Waals surface area contributed by atoms with Gasteiger partial charge in [0.1, 0.15) is 11.8 Å². The third-order valence-electron chi connectivity index (χ3n) is 3.36. The standard InChI is InChI=1S/C16H20ClNO4/c1-9(2)21-14(19)10(3)18-12-8-11(17)6-7-13(12)22-16(4,5)15(18)20/h6-10H,1-5H3. The summed E-state index contributed by atoms with van der Waals surface area (Å²) in [6.45, 7) is 8.50. The molecule has 1 unspecified atom stereocenters. The average Bonchev–Trinajstić information content (AvgIpc) is 2.39. The summed E-state index contributed by atoms with van der Waals surface area (Å²) in [6, 6.07) is 4.22. The molecular formula is C16H20ClNO4. The second-order valence-electron chi connectivity index (χ2n) is 6.06. The van der Waals surface area contributed by atoms with E-state index in [1.54, 1.807) is 52.8 Å². The van der Waals surface area contributed by atoms with Crippen LogP contribution in [-0.4, -0.2) is 29.6 Å². The lowest BCUT2D eigenvalue weighted by Crippen LogP contribution is -2.57. The van der Waals surface area contributed by atoms with Gasteiger partial charge in [0.2, 0.25) is 0 Å². The molecule has 0 bridgehead atoms. The number of fused-ring (bicyclic) bond motifs is 1. The van der Waals surface area contributed by atoms with Gasteiger partial charge in [-0.25, -0.2) is 4.79 Å². The van der Waals surface area contributed by atoms with Crippen LogP contribution in [0.2, 0.25) is 5.02 Å². The van der Waals surface area contributed by atoms with Crippen LogP contribution in [-0.2, 0) is 14.3 Å². The van der Waals surface area contributed by atoms with Gasteiger partial charge in [0.25, 0.3) is 5.91 Å². The van der Waals surface area contributed by atoms with Gasteiger partial charge in [-0.2, -0.15) is 0 Å². The summed E-state index contributed by atoms with van der Waals surface area (Å²) >= 11 is 6.02. The summed E-state index contributed by atoms with van der Waals surface area (Å²) in [5, 5.41) is 0.462. The van der Waals surface area contributed by atoms with Crippen molar-refractivity contribution < 1.29 is 19.1 Å². The molecule has 22 heavy (non-hydrogen) atoms. The highest BCUT2D eigenvalue weighted by Gasteiger charge is 2.44. The third kappa shape index (κ3) is 3.04. The number of anilines is 1. The Morgan fingerprint density at radius 3 is 2.55 bits per heavy atom. The molecule has 1 amide bonds. The van der Waals surface area contributed by atoms with E-state index >= 15 is 0 Å². The maximum absolute atomic E-state index is 12.7. The molecule has 0 spiro atoms. The van der Waals surface area contributed by atoms with Crippen LogP contribution in [0.1, 0.15) is 34.6 Å². The monoisotopic (exact) mass is 325 g/mol. The molecular weight excluding hydrogens is 306 g/mol. The average molecular weight is 326 g/mol. The molecule has 1 aliphatic rings. The van der Waals surface area contributed by atoms with E-state index in [1.165, 1.54) is 4.90 Å². The van der Waals surface area contributed by atoms with Crippen molar-refractivity contribution in [2.45, 2.75) is 52.4 Å². The molecule has 1 aromatic rings. The molecule has 6 heteroatoms. The molecule has 5 nitrogen and oxygen atoms in total. The molecule has 0 N–H and O–H groups in total. The summed E-state index contributed by atoms with van der Waals surface area (Å²) in [5.74, 6) is -0.263. The van der Waals surface area contributed by atoms with E-state index < -0.39 is 17.6 Å². The van der Waals surface area contributed by atoms with E-state index in [9.17, 15) is 9.59 Å². The van der Waals surface area contributed by atoms with E-state index in [2.05, 4.69) is 0 Å². The van der Waals surface area contributed by atoms with Crippen molar-refractivity contribution >= 4 is 29.2 Å². The van der Waals surface area contributed by atoms with Crippen LogP contribution in [0.4, 0.5) is 5.69 Å². The first-order valence-corrected chi connectivity index (χ1v) is 7.54. The molecule has 1 heterocycles.